The van der Waals surface area contributed by atoms with E-state index in [1.807, 2.05) is 26.0 Å². The molecule has 0 aliphatic rings. The zero-order chi connectivity index (χ0) is 23.1. The molecule has 2 aromatic carbocycles. The Morgan fingerprint density at radius 1 is 1.00 bits per heavy atom. The largest absolute Gasteiger partial charge is 0.290 e. The molecule has 0 aliphatic heterocycles. The topological polar surface area (TPSA) is 93.1 Å². The summed E-state index contributed by atoms with van der Waals surface area (Å²) in [5, 5.41) is 5.20. The number of aryl methyl sites for hydroxylation is 4. The first-order valence-corrected chi connectivity index (χ1v) is 11.1. The fraction of sp³-hybridized carbons (Fsp3) is 0.360. The minimum atomic E-state index is -0.551. The molecule has 3 rings (SSSR count). The van der Waals surface area contributed by atoms with Gasteiger partial charge < -0.3 is 0 Å². The molecule has 0 saturated heterocycles. The van der Waals surface area contributed by atoms with Gasteiger partial charge in [0.15, 0.2) is 5.69 Å². The number of fused-ring (bicyclic) bond motifs is 1. The van der Waals surface area contributed by atoms with E-state index in [4.69, 9.17) is 0 Å². The number of hydrazine groups is 1. The first-order chi connectivity index (χ1) is 15.4. The van der Waals surface area contributed by atoms with Gasteiger partial charge in [0.1, 0.15) is 0 Å². The molecule has 0 fully saturated rings. The molecule has 3 aromatic rings. The first kappa shape index (κ1) is 23.2. The Kier molecular flexibility index (Phi) is 7.76. The predicted octanol–water partition coefficient (Wildman–Crippen LogP) is 3.60. The summed E-state index contributed by atoms with van der Waals surface area (Å²) in [5.41, 5.74) is 8.24. The van der Waals surface area contributed by atoms with Gasteiger partial charge in [-0.1, -0.05) is 61.7 Å². The molecule has 32 heavy (non-hydrogen) atoms. The van der Waals surface area contributed by atoms with Gasteiger partial charge in [0, 0.05) is 18.4 Å². The Morgan fingerprint density at radius 2 is 1.75 bits per heavy atom. The second-order valence-electron chi connectivity index (χ2n) is 8.06. The fourth-order valence-corrected chi connectivity index (χ4v) is 3.69. The van der Waals surface area contributed by atoms with Gasteiger partial charge in [0.25, 0.3) is 11.5 Å². The van der Waals surface area contributed by atoms with Crippen molar-refractivity contribution in [2.75, 3.05) is 0 Å². The number of rotatable bonds is 8. The van der Waals surface area contributed by atoms with Gasteiger partial charge in [0.2, 0.25) is 5.91 Å². The van der Waals surface area contributed by atoms with Crippen LogP contribution in [0.15, 0.2) is 47.3 Å². The summed E-state index contributed by atoms with van der Waals surface area (Å²) in [5.74, 6) is -0.843. The normalized spacial score (nSPS) is 10.8. The van der Waals surface area contributed by atoms with Gasteiger partial charge in [-0.3, -0.25) is 25.2 Å². The van der Waals surface area contributed by atoms with Crippen LogP contribution in [0, 0.1) is 13.8 Å². The minimum Gasteiger partial charge on any atom is -0.273 e. The fourth-order valence-electron chi connectivity index (χ4n) is 3.69. The highest BCUT2D eigenvalue weighted by Gasteiger charge is 2.17. The number of carbonyl (C=O) groups is 2. The van der Waals surface area contributed by atoms with E-state index in [1.54, 1.807) is 24.3 Å². The van der Waals surface area contributed by atoms with E-state index in [0.29, 0.717) is 23.7 Å². The maximum atomic E-state index is 12.8. The van der Waals surface area contributed by atoms with Gasteiger partial charge in [-0.05, 0) is 43.9 Å². The van der Waals surface area contributed by atoms with Gasteiger partial charge in [-0.25, -0.2) is 4.68 Å². The molecule has 0 bridgehead atoms. The number of nitrogens with one attached hydrogen (secondary N) is 2. The summed E-state index contributed by atoms with van der Waals surface area (Å²) in [4.78, 5) is 37.8. The molecule has 1 heterocycles. The summed E-state index contributed by atoms with van der Waals surface area (Å²) >= 11 is 0. The Hall–Kier alpha value is -3.48. The first-order valence-electron chi connectivity index (χ1n) is 11.1. The Morgan fingerprint density at radius 3 is 2.47 bits per heavy atom. The second kappa shape index (κ2) is 10.7. The lowest BCUT2D eigenvalue weighted by molar-refractivity contribution is -0.121. The third kappa shape index (κ3) is 5.60. The lowest BCUT2D eigenvalue weighted by Gasteiger charge is -2.12. The Balaban J connectivity index is 1.69. The molecule has 0 saturated carbocycles. The third-order valence-electron chi connectivity index (χ3n) is 5.49. The predicted molar refractivity (Wildman–Crippen MR) is 125 cm³/mol. The van der Waals surface area contributed by atoms with Crippen molar-refractivity contribution < 1.29 is 9.59 Å². The molecule has 0 aliphatic carbocycles. The number of hydrogen-bond acceptors (Lipinski definition) is 4. The lowest BCUT2D eigenvalue weighted by Crippen LogP contribution is -2.43. The van der Waals surface area contributed by atoms with E-state index in [9.17, 15) is 14.4 Å². The van der Waals surface area contributed by atoms with Crippen LogP contribution in [0.5, 0.6) is 0 Å². The monoisotopic (exact) mass is 434 g/mol. The summed E-state index contributed by atoms with van der Waals surface area (Å²) in [6.07, 6.45) is 3.62. The molecule has 7 heteroatoms. The number of benzene rings is 2. The average molecular weight is 435 g/mol. The number of carbonyl (C=O) groups excluding carboxylic acids is 2. The van der Waals surface area contributed by atoms with E-state index in [2.05, 4.69) is 28.9 Å². The van der Waals surface area contributed by atoms with E-state index in [-0.39, 0.29) is 23.6 Å². The standard InChI is InChI=1S/C25H30N4O3/c1-4-5-8-15-29-25(32)21-10-7-6-9-20(21)23(28-29)24(31)27-26-22(30)14-13-19-12-11-17(2)16-18(19)3/h6-7,9-12,16H,4-5,8,13-15H2,1-3H3,(H,26,30)(H,27,31). The quantitative estimate of drug-likeness (QED) is 0.418. The SMILES string of the molecule is CCCCCn1nc(C(=O)NNC(=O)CCc2ccc(C)cc2C)c2ccccc2c1=O. The molecule has 2 N–H and O–H groups in total. The number of aromatic nitrogens is 2. The van der Waals surface area contributed by atoms with Crippen molar-refractivity contribution in [1.82, 2.24) is 20.6 Å². The highest BCUT2D eigenvalue weighted by Crippen LogP contribution is 2.14. The summed E-state index contributed by atoms with van der Waals surface area (Å²) in [6, 6.07) is 13.0. The molecule has 0 spiro atoms. The third-order valence-corrected chi connectivity index (χ3v) is 5.49. The van der Waals surface area contributed by atoms with Crippen molar-refractivity contribution in [3.05, 3.63) is 75.2 Å². The maximum Gasteiger partial charge on any atom is 0.290 e. The van der Waals surface area contributed by atoms with Crippen LogP contribution in [0.4, 0.5) is 0 Å². The van der Waals surface area contributed by atoms with Crippen molar-refractivity contribution >= 4 is 22.6 Å². The lowest BCUT2D eigenvalue weighted by atomic mass is 10.0. The van der Waals surface area contributed by atoms with E-state index in [1.165, 1.54) is 10.2 Å². The van der Waals surface area contributed by atoms with Crippen LogP contribution in [0.3, 0.4) is 0 Å². The number of nitrogens with zero attached hydrogens (tertiary/aromatic N) is 2. The molecule has 0 radical (unpaired) electrons. The minimum absolute atomic E-state index is 0.117. The van der Waals surface area contributed by atoms with E-state index >= 15 is 0 Å². The van der Waals surface area contributed by atoms with Crippen LogP contribution < -0.4 is 16.4 Å². The van der Waals surface area contributed by atoms with Crippen LogP contribution in [-0.2, 0) is 17.8 Å². The number of amides is 2. The van der Waals surface area contributed by atoms with Crippen LogP contribution in [0.25, 0.3) is 10.8 Å². The van der Waals surface area contributed by atoms with Gasteiger partial charge in [-0.15, -0.1) is 0 Å². The maximum absolute atomic E-state index is 12.8. The highest BCUT2D eigenvalue weighted by molar-refractivity contribution is 6.05. The van der Waals surface area contributed by atoms with Crippen molar-refractivity contribution in [1.29, 1.82) is 0 Å². The Labute approximate surface area is 187 Å². The van der Waals surface area contributed by atoms with Gasteiger partial charge in [-0.2, -0.15) is 5.10 Å². The van der Waals surface area contributed by atoms with Crippen LogP contribution in [0.1, 0.15) is 59.8 Å². The van der Waals surface area contributed by atoms with Crippen molar-refractivity contribution in [2.45, 2.75) is 59.4 Å². The zero-order valence-electron chi connectivity index (χ0n) is 18.9. The molecule has 168 valence electrons. The van der Waals surface area contributed by atoms with Gasteiger partial charge in [0.05, 0.1) is 5.39 Å². The molecule has 7 nitrogen and oxygen atoms in total. The van der Waals surface area contributed by atoms with Crippen LogP contribution in [0.2, 0.25) is 0 Å². The molecule has 1 aromatic heterocycles. The second-order valence-corrected chi connectivity index (χ2v) is 8.06. The average Bonchev–Trinajstić information content (AvgIpc) is 2.78. The number of hydrogen-bond donors (Lipinski definition) is 2. The molecule has 0 unspecified atom stereocenters. The van der Waals surface area contributed by atoms with Crippen LogP contribution in [-0.4, -0.2) is 21.6 Å². The molecular weight excluding hydrogens is 404 g/mol. The van der Waals surface area contributed by atoms with Gasteiger partial charge >= 0.3 is 0 Å². The van der Waals surface area contributed by atoms with E-state index < -0.39 is 5.91 Å². The zero-order valence-corrected chi connectivity index (χ0v) is 18.9. The summed E-state index contributed by atoms with van der Waals surface area (Å²) in [7, 11) is 0. The van der Waals surface area contributed by atoms with Crippen molar-refractivity contribution in [2.24, 2.45) is 0 Å². The van der Waals surface area contributed by atoms with Crippen LogP contribution >= 0.6 is 0 Å². The summed E-state index contributed by atoms with van der Waals surface area (Å²) in [6.45, 7) is 6.58. The molecule has 0 atom stereocenters. The van der Waals surface area contributed by atoms with E-state index in [0.717, 1.165) is 30.4 Å². The Bertz CT molecular complexity index is 1180. The molecule has 2 amide bonds. The molecular formula is C25H30N4O3. The summed E-state index contributed by atoms with van der Waals surface area (Å²) < 4.78 is 1.34. The smallest absolute Gasteiger partial charge is 0.273 e. The number of unbranched alkanes of at least 4 members (excludes halogenated alkanes) is 2. The van der Waals surface area contributed by atoms with Crippen molar-refractivity contribution in [3.63, 3.8) is 0 Å². The van der Waals surface area contributed by atoms with Crippen molar-refractivity contribution in [3.8, 4) is 0 Å². The highest BCUT2D eigenvalue weighted by atomic mass is 16.2.